The zero-order chi connectivity index (χ0) is 15.0. The number of aryl methyl sites for hydroxylation is 2. The highest BCUT2D eigenvalue weighted by Gasteiger charge is 2.24. The number of aromatic amines is 1. The summed E-state index contributed by atoms with van der Waals surface area (Å²) in [6.07, 6.45) is 4.50. The molecule has 1 N–H and O–H groups in total. The predicted molar refractivity (Wildman–Crippen MR) is 79.8 cm³/mol. The highest BCUT2D eigenvalue weighted by atomic mass is 16.7. The molecule has 0 saturated heterocycles. The number of H-pyrrole nitrogens is 1. The maximum absolute atomic E-state index is 11.5. The summed E-state index contributed by atoms with van der Waals surface area (Å²) in [6, 6.07) is 0. The second-order valence-corrected chi connectivity index (χ2v) is 5.57. The molecule has 1 atom stereocenters. The standard InChI is InChI=1S/C16H20N2O3/c1-4-20-16(19)21-15-10(3)14-12(8-17-15)18-11-7-5-6-9(2)13(11)14/h8-9,18H,4-7H2,1-3H3. The normalized spacial score (nSPS) is 17.6. The maximum atomic E-state index is 11.5. The summed E-state index contributed by atoms with van der Waals surface area (Å²) in [4.78, 5) is 19.2. The van der Waals surface area contributed by atoms with E-state index in [2.05, 4.69) is 16.9 Å². The number of aromatic nitrogens is 2. The third-order valence-electron chi connectivity index (χ3n) is 4.15. The molecule has 1 aliphatic carbocycles. The lowest BCUT2D eigenvalue weighted by atomic mass is 9.86. The van der Waals surface area contributed by atoms with Gasteiger partial charge in [0.1, 0.15) is 0 Å². The van der Waals surface area contributed by atoms with Crippen molar-refractivity contribution < 1.29 is 14.3 Å². The van der Waals surface area contributed by atoms with Crippen molar-refractivity contribution in [2.75, 3.05) is 6.61 Å². The first-order chi connectivity index (χ1) is 10.1. The van der Waals surface area contributed by atoms with Crippen molar-refractivity contribution in [2.24, 2.45) is 0 Å². The number of rotatable bonds is 2. The van der Waals surface area contributed by atoms with E-state index in [-0.39, 0.29) is 6.61 Å². The van der Waals surface area contributed by atoms with Gasteiger partial charge in [-0.1, -0.05) is 6.92 Å². The Labute approximate surface area is 123 Å². The van der Waals surface area contributed by atoms with Crippen molar-refractivity contribution in [3.8, 4) is 5.88 Å². The van der Waals surface area contributed by atoms with Gasteiger partial charge in [0, 0.05) is 16.6 Å². The van der Waals surface area contributed by atoms with Crippen LogP contribution in [0.15, 0.2) is 6.20 Å². The van der Waals surface area contributed by atoms with Crippen molar-refractivity contribution in [3.63, 3.8) is 0 Å². The number of hydrogen-bond acceptors (Lipinski definition) is 4. The quantitative estimate of drug-likeness (QED) is 0.853. The van der Waals surface area contributed by atoms with Gasteiger partial charge in [0.05, 0.1) is 18.3 Å². The van der Waals surface area contributed by atoms with Gasteiger partial charge in [-0.3, -0.25) is 0 Å². The number of carbonyl (C=O) groups is 1. The molecule has 1 unspecified atom stereocenters. The number of hydrogen-bond donors (Lipinski definition) is 1. The van der Waals surface area contributed by atoms with Crippen molar-refractivity contribution >= 4 is 17.1 Å². The summed E-state index contributed by atoms with van der Waals surface area (Å²) in [5.41, 5.74) is 4.56. The molecule has 112 valence electrons. The molecule has 0 fully saturated rings. The van der Waals surface area contributed by atoms with Gasteiger partial charge < -0.3 is 14.5 Å². The second-order valence-electron chi connectivity index (χ2n) is 5.57. The lowest BCUT2D eigenvalue weighted by molar-refractivity contribution is 0.102. The first kappa shape index (κ1) is 13.9. The minimum atomic E-state index is -0.704. The van der Waals surface area contributed by atoms with Crippen molar-refractivity contribution in [2.45, 2.75) is 46.0 Å². The third kappa shape index (κ3) is 2.37. The van der Waals surface area contributed by atoms with E-state index >= 15 is 0 Å². The summed E-state index contributed by atoms with van der Waals surface area (Å²) >= 11 is 0. The Hall–Kier alpha value is -2.04. The Bertz CT molecular complexity index is 690. The molecule has 0 radical (unpaired) electrons. The highest BCUT2D eigenvalue weighted by molar-refractivity contribution is 5.89. The van der Waals surface area contributed by atoms with Crippen molar-refractivity contribution in [1.29, 1.82) is 0 Å². The number of fused-ring (bicyclic) bond motifs is 3. The summed E-state index contributed by atoms with van der Waals surface area (Å²) < 4.78 is 10.0. The molecule has 0 aromatic carbocycles. The van der Waals surface area contributed by atoms with E-state index in [1.54, 1.807) is 13.1 Å². The summed E-state index contributed by atoms with van der Waals surface area (Å²) in [5, 5.41) is 1.14. The minimum absolute atomic E-state index is 0.288. The highest BCUT2D eigenvalue weighted by Crippen LogP contribution is 2.39. The van der Waals surface area contributed by atoms with Crippen LogP contribution in [0.25, 0.3) is 10.9 Å². The number of nitrogens with zero attached hydrogens (tertiary/aromatic N) is 1. The van der Waals surface area contributed by atoms with Crippen LogP contribution in [0.3, 0.4) is 0 Å². The molecule has 1 aliphatic rings. The van der Waals surface area contributed by atoms with Crippen LogP contribution in [0.5, 0.6) is 5.88 Å². The number of pyridine rings is 1. The molecule has 5 nitrogen and oxygen atoms in total. The lowest BCUT2D eigenvalue weighted by Gasteiger charge is -2.19. The molecule has 0 spiro atoms. The molecule has 3 rings (SSSR count). The number of ether oxygens (including phenoxy) is 2. The molecule has 0 amide bonds. The van der Waals surface area contributed by atoms with Crippen LogP contribution in [-0.4, -0.2) is 22.7 Å². The Balaban J connectivity index is 2.07. The third-order valence-corrected chi connectivity index (χ3v) is 4.15. The van der Waals surface area contributed by atoms with Crippen LogP contribution in [0.2, 0.25) is 0 Å². The Morgan fingerprint density at radius 3 is 3.10 bits per heavy atom. The van der Waals surface area contributed by atoms with Crippen LogP contribution < -0.4 is 4.74 Å². The van der Waals surface area contributed by atoms with E-state index in [1.807, 2.05) is 6.92 Å². The van der Waals surface area contributed by atoms with Gasteiger partial charge in [-0.05, 0) is 44.6 Å². The van der Waals surface area contributed by atoms with Gasteiger partial charge in [0.2, 0.25) is 5.88 Å². The van der Waals surface area contributed by atoms with E-state index in [9.17, 15) is 4.79 Å². The molecular formula is C16H20N2O3. The maximum Gasteiger partial charge on any atom is 0.515 e. The summed E-state index contributed by atoms with van der Waals surface area (Å²) in [5.74, 6) is 0.847. The van der Waals surface area contributed by atoms with Gasteiger partial charge >= 0.3 is 6.16 Å². The average Bonchev–Trinajstić information content (AvgIpc) is 2.83. The van der Waals surface area contributed by atoms with E-state index in [1.165, 1.54) is 24.1 Å². The van der Waals surface area contributed by atoms with E-state index in [0.717, 1.165) is 22.9 Å². The fourth-order valence-corrected chi connectivity index (χ4v) is 3.22. The second kappa shape index (κ2) is 5.39. The van der Waals surface area contributed by atoms with Crippen molar-refractivity contribution in [3.05, 3.63) is 23.0 Å². The zero-order valence-corrected chi connectivity index (χ0v) is 12.7. The van der Waals surface area contributed by atoms with E-state index in [4.69, 9.17) is 9.47 Å². The molecule has 2 heterocycles. The molecule has 0 aliphatic heterocycles. The summed E-state index contributed by atoms with van der Waals surface area (Å²) in [7, 11) is 0. The number of nitrogens with one attached hydrogen (secondary N) is 1. The van der Waals surface area contributed by atoms with Crippen LogP contribution in [-0.2, 0) is 11.2 Å². The van der Waals surface area contributed by atoms with Crippen LogP contribution in [0.4, 0.5) is 4.79 Å². The average molecular weight is 288 g/mol. The largest absolute Gasteiger partial charge is 0.515 e. The lowest BCUT2D eigenvalue weighted by Crippen LogP contribution is -2.12. The number of carbonyl (C=O) groups excluding carboxylic acids is 1. The van der Waals surface area contributed by atoms with Gasteiger partial charge in [-0.2, -0.15) is 0 Å². The fourth-order valence-electron chi connectivity index (χ4n) is 3.22. The first-order valence-electron chi connectivity index (χ1n) is 7.46. The molecule has 2 aromatic rings. The van der Waals surface area contributed by atoms with Gasteiger partial charge in [0.25, 0.3) is 0 Å². The molecule has 5 heteroatoms. The van der Waals surface area contributed by atoms with Crippen molar-refractivity contribution in [1.82, 2.24) is 9.97 Å². The van der Waals surface area contributed by atoms with Gasteiger partial charge in [0.15, 0.2) is 0 Å². The van der Waals surface area contributed by atoms with Gasteiger partial charge in [-0.25, -0.2) is 9.78 Å². The van der Waals surface area contributed by atoms with Crippen LogP contribution >= 0.6 is 0 Å². The van der Waals surface area contributed by atoms with E-state index in [0.29, 0.717) is 11.8 Å². The predicted octanol–water partition coefficient (Wildman–Crippen LogP) is 3.85. The molecule has 0 saturated carbocycles. The van der Waals surface area contributed by atoms with E-state index < -0.39 is 6.16 Å². The fraction of sp³-hybridized carbons (Fsp3) is 0.500. The Morgan fingerprint density at radius 2 is 2.33 bits per heavy atom. The van der Waals surface area contributed by atoms with Gasteiger partial charge in [-0.15, -0.1) is 0 Å². The Kier molecular flexibility index (Phi) is 3.57. The minimum Gasteiger partial charge on any atom is -0.434 e. The molecule has 21 heavy (non-hydrogen) atoms. The zero-order valence-electron chi connectivity index (χ0n) is 12.7. The SMILES string of the molecule is CCOC(=O)Oc1ncc2[nH]c3c(c2c1C)C(C)CCC3. The topological polar surface area (TPSA) is 64.2 Å². The first-order valence-corrected chi connectivity index (χ1v) is 7.46. The van der Waals surface area contributed by atoms with Crippen LogP contribution in [0, 0.1) is 6.92 Å². The summed E-state index contributed by atoms with van der Waals surface area (Å²) in [6.45, 7) is 6.22. The molecular weight excluding hydrogens is 268 g/mol. The molecule has 2 aromatic heterocycles. The monoisotopic (exact) mass is 288 g/mol. The smallest absolute Gasteiger partial charge is 0.434 e. The molecule has 0 bridgehead atoms. The van der Waals surface area contributed by atoms with Crippen LogP contribution in [0.1, 0.15) is 49.4 Å². The Morgan fingerprint density at radius 1 is 1.52 bits per heavy atom.